The highest BCUT2D eigenvalue weighted by Gasteiger charge is 1.98. The topological polar surface area (TPSA) is 18.5 Å². The van der Waals surface area contributed by atoms with Gasteiger partial charge in [-0.05, 0) is 24.3 Å². The molecule has 0 spiro atoms. The quantitative estimate of drug-likeness (QED) is 0.604. The van der Waals surface area contributed by atoms with Crippen molar-refractivity contribution in [3.8, 4) is 17.6 Å². The molecule has 0 aliphatic rings. The number of ether oxygens (including phenoxy) is 2. The summed E-state index contributed by atoms with van der Waals surface area (Å²) in [4.78, 5) is 0. The van der Waals surface area contributed by atoms with E-state index >= 15 is 0 Å². The maximum atomic E-state index is 5.45. The Hall–Kier alpha value is -2.24. The molecule has 0 amide bonds. The third kappa shape index (κ3) is 3.38. The fourth-order valence-electron chi connectivity index (χ4n) is 1.48. The Bertz CT molecular complexity index is 550. The molecule has 2 heteroatoms. The van der Waals surface area contributed by atoms with Crippen LogP contribution in [0.15, 0.2) is 54.6 Å². The van der Waals surface area contributed by atoms with Gasteiger partial charge in [0.2, 0.25) is 0 Å². The second kappa shape index (κ2) is 6.48. The molecule has 0 N–H and O–H groups in total. The van der Waals surface area contributed by atoms with Crippen molar-refractivity contribution < 1.29 is 9.47 Å². The van der Waals surface area contributed by atoms with Gasteiger partial charge in [0.15, 0.2) is 6.79 Å². The average Bonchev–Trinajstić information content (AvgIpc) is 2.45. The number of benzene rings is 2. The van der Waals surface area contributed by atoms with Crippen LogP contribution < -0.4 is 4.74 Å². The normalized spacial score (nSPS) is 9.39. The van der Waals surface area contributed by atoms with Crippen LogP contribution in [0.25, 0.3) is 0 Å². The lowest BCUT2D eigenvalue weighted by Crippen LogP contribution is -2.00. The second-order valence-electron chi connectivity index (χ2n) is 3.66. The van der Waals surface area contributed by atoms with Crippen LogP contribution in [0.1, 0.15) is 11.1 Å². The number of methoxy groups -OCH3 is 1. The van der Waals surface area contributed by atoms with Gasteiger partial charge in [-0.25, -0.2) is 0 Å². The lowest BCUT2D eigenvalue weighted by atomic mass is 10.1. The molecule has 0 bridgehead atoms. The highest BCUT2D eigenvalue weighted by Crippen LogP contribution is 2.16. The summed E-state index contributed by atoms with van der Waals surface area (Å²) in [5.41, 5.74) is 1.84. The van der Waals surface area contributed by atoms with Crippen molar-refractivity contribution in [3.63, 3.8) is 0 Å². The van der Waals surface area contributed by atoms with Gasteiger partial charge in [0.25, 0.3) is 0 Å². The van der Waals surface area contributed by atoms with Crippen LogP contribution in [0.5, 0.6) is 5.75 Å². The summed E-state index contributed by atoms with van der Waals surface area (Å²) in [6.45, 7) is 0.226. The van der Waals surface area contributed by atoms with Gasteiger partial charge >= 0.3 is 0 Å². The lowest BCUT2D eigenvalue weighted by molar-refractivity contribution is 0.0509. The SMILES string of the molecule is COCOc1ccccc1C#Cc1ccccc1. The minimum atomic E-state index is 0.226. The predicted molar refractivity (Wildman–Crippen MR) is 71.4 cm³/mol. The summed E-state index contributed by atoms with van der Waals surface area (Å²) in [5.74, 6) is 6.95. The standard InChI is InChI=1S/C16H14O2/c1-17-13-18-16-10-6-5-9-15(16)12-11-14-7-3-2-4-8-14/h2-10H,13H2,1H3. The molecule has 2 rings (SSSR count). The maximum absolute atomic E-state index is 5.45. The van der Waals surface area contributed by atoms with E-state index in [0.717, 1.165) is 16.9 Å². The van der Waals surface area contributed by atoms with Gasteiger partial charge in [-0.1, -0.05) is 42.2 Å². The maximum Gasteiger partial charge on any atom is 0.188 e. The molecule has 0 fully saturated rings. The van der Waals surface area contributed by atoms with Gasteiger partial charge in [0.1, 0.15) is 5.75 Å². The zero-order chi connectivity index (χ0) is 12.6. The Morgan fingerprint density at radius 1 is 0.889 bits per heavy atom. The van der Waals surface area contributed by atoms with E-state index in [1.807, 2.05) is 54.6 Å². The van der Waals surface area contributed by atoms with Gasteiger partial charge in [-0.15, -0.1) is 0 Å². The van der Waals surface area contributed by atoms with E-state index in [1.54, 1.807) is 7.11 Å². The van der Waals surface area contributed by atoms with Crippen molar-refractivity contribution in [1.29, 1.82) is 0 Å². The molecular formula is C16H14O2. The summed E-state index contributed by atoms with van der Waals surface area (Å²) in [5, 5.41) is 0. The van der Waals surface area contributed by atoms with Crippen LogP contribution in [-0.4, -0.2) is 13.9 Å². The summed E-state index contributed by atoms with van der Waals surface area (Å²) < 4.78 is 10.3. The number of para-hydroxylation sites is 1. The van der Waals surface area contributed by atoms with E-state index < -0.39 is 0 Å². The third-order valence-electron chi connectivity index (χ3n) is 2.33. The number of rotatable bonds is 3. The number of hydrogen-bond acceptors (Lipinski definition) is 2. The van der Waals surface area contributed by atoms with Gasteiger partial charge in [0, 0.05) is 12.7 Å². The van der Waals surface area contributed by atoms with Crippen LogP contribution in [0.4, 0.5) is 0 Å². The van der Waals surface area contributed by atoms with Crippen molar-refractivity contribution in [2.75, 3.05) is 13.9 Å². The van der Waals surface area contributed by atoms with Crippen LogP contribution in [0.3, 0.4) is 0 Å². The summed E-state index contributed by atoms with van der Waals surface area (Å²) in [7, 11) is 1.60. The predicted octanol–water partition coefficient (Wildman–Crippen LogP) is 3.07. The van der Waals surface area contributed by atoms with E-state index in [4.69, 9.17) is 9.47 Å². The highest BCUT2D eigenvalue weighted by atomic mass is 16.7. The molecule has 90 valence electrons. The van der Waals surface area contributed by atoms with Gasteiger partial charge < -0.3 is 9.47 Å². The van der Waals surface area contributed by atoms with E-state index in [2.05, 4.69) is 11.8 Å². The monoisotopic (exact) mass is 238 g/mol. The third-order valence-corrected chi connectivity index (χ3v) is 2.33. The minimum absolute atomic E-state index is 0.226. The molecule has 0 saturated carbocycles. The first-order chi connectivity index (χ1) is 8.90. The molecule has 0 aliphatic heterocycles. The summed E-state index contributed by atoms with van der Waals surface area (Å²) >= 11 is 0. The first-order valence-electron chi connectivity index (χ1n) is 5.68. The van der Waals surface area contributed by atoms with E-state index in [-0.39, 0.29) is 6.79 Å². The molecule has 2 aromatic carbocycles. The van der Waals surface area contributed by atoms with E-state index in [0.29, 0.717) is 0 Å². The second-order valence-corrected chi connectivity index (χ2v) is 3.66. The molecule has 0 aliphatic carbocycles. The Kier molecular flexibility index (Phi) is 4.40. The molecule has 18 heavy (non-hydrogen) atoms. The van der Waals surface area contributed by atoms with E-state index in [9.17, 15) is 0 Å². The fraction of sp³-hybridized carbons (Fsp3) is 0.125. The molecule has 0 radical (unpaired) electrons. The van der Waals surface area contributed by atoms with Crippen LogP contribution in [0.2, 0.25) is 0 Å². The Labute approximate surface area is 107 Å². The molecule has 2 aromatic rings. The Balaban J connectivity index is 2.21. The summed E-state index contributed by atoms with van der Waals surface area (Å²) in [6.07, 6.45) is 0. The molecule has 0 saturated heterocycles. The van der Waals surface area contributed by atoms with Crippen LogP contribution >= 0.6 is 0 Å². The van der Waals surface area contributed by atoms with Gasteiger partial charge in [-0.2, -0.15) is 0 Å². The first kappa shape index (κ1) is 12.2. The Morgan fingerprint density at radius 3 is 2.39 bits per heavy atom. The molecular weight excluding hydrogens is 224 g/mol. The van der Waals surface area contributed by atoms with Gasteiger partial charge in [-0.3, -0.25) is 0 Å². The van der Waals surface area contributed by atoms with E-state index in [1.165, 1.54) is 0 Å². The highest BCUT2D eigenvalue weighted by molar-refractivity contribution is 5.49. The van der Waals surface area contributed by atoms with Crippen molar-refractivity contribution in [1.82, 2.24) is 0 Å². The smallest absolute Gasteiger partial charge is 0.188 e. The molecule has 0 heterocycles. The van der Waals surface area contributed by atoms with Crippen molar-refractivity contribution in [2.45, 2.75) is 0 Å². The summed E-state index contributed by atoms with van der Waals surface area (Å²) in [6, 6.07) is 17.5. The molecule has 0 atom stereocenters. The first-order valence-corrected chi connectivity index (χ1v) is 5.68. The molecule has 0 aromatic heterocycles. The average molecular weight is 238 g/mol. The Morgan fingerprint density at radius 2 is 1.61 bits per heavy atom. The van der Waals surface area contributed by atoms with Crippen molar-refractivity contribution in [3.05, 3.63) is 65.7 Å². The molecule has 0 unspecified atom stereocenters. The van der Waals surface area contributed by atoms with Crippen LogP contribution in [0, 0.1) is 11.8 Å². The molecule has 2 nitrogen and oxygen atoms in total. The largest absolute Gasteiger partial charge is 0.466 e. The van der Waals surface area contributed by atoms with Crippen molar-refractivity contribution in [2.24, 2.45) is 0 Å². The number of hydrogen-bond donors (Lipinski definition) is 0. The zero-order valence-corrected chi connectivity index (χ0v) is 10.2. The van der Waals surface area contributed by atoms with Crippen LogP contribution in [-0.2, 0) is 4.74 Å². The zero-order valence-electron chi connectivity index (χ0n) is 10.2. The lowest BCUT2D eigenvalue weighted by Gasteiger charge is -2.05. The minimum Gasteiger partial charge on any atom is -0.466 e. The van der Waals surface area contributed by atoms with Crippen molar-refractivity contribution >= 4 is 0 Å². The van der Waals surface area contributed by atoms with Gasteiger partial charge in [0.05, 0.1) is 5.56 Å². The fourth-order valence-corrected chi connectivity index (χ4v) is 1.48.